The lowest BCUT2D eigenvalue weighted by atomic mass is 9.70. The van der Waals surface area contributed by atoms with Crippen LogP contribution in [0.2, 0.25) is 0 Å². The van der Waals surface area contributed by atoms with Crippen LogP contribution in [-0.4, -0.2) is 58.4 Å². The first kappa shape index (κ1) is 23.9. The van der Waals surface area contributed by atoms with Crippen LogP contribution in [0.3, 0.4) is 0 Å². The molecule has 0 bridgehead atoms. The van der Waals surface area contributed by atoms with Crippen LogP contribution in [0.4, 0.5) is 0 Å². The van der Waals surface area contributed by atoms with Gasteiger partial charge in [-0.15, -0.1) is 0 Å². The first-order chi connectivity index (χ1) is 18.9. The molecule has 198 valence electrons. The maximum absolute atomic E-state index is 14.2. The van der Waals surface area contributed by atoms with E-state index in [-0.39, 0.29) is 30.0 Å². The van der Waals surface area contributed by atoms with E-state index in [1.165, 1.54) is 14.2 Å². The zero-order valence-electron chi connectivity index (χ0n) is 21.7. The number of ether oxygens (including phenoxy) is 1. The number of phenolic OH excluding ortho intramolecular Hbond substituents is 1. The van der Waals surface area contributed by atoms with Gasteiger partial charge in [0.05, 0.1) is 37.1 Å². The molecule has 2 aromatic rings. The van der Waals surface area contributed by atoms with E-state index in [1.807, 2.05) is 47.4 Å². The standard InChI is InChI=1S/C31H29N3O5/c1-33-28(36)23-24(29(33)37)31(30(38)39-2)16-20-18-12-6-8-14-21(18)32-25(20)26(17-10-4-3-5-11-17)34(31)27(23)19-13-7-9-15-22(19)35/h3-15,18,21,23-24,26-27,32,35H,16H2,1-2H3/t18?,21?,23-,24-,26+,27-,31-/m1/s1. The minimum Gasteiger partial charge on any atom is -0.508 e. The average Bonchev–Trinajstić information content (AvgIpc) is 3.55. The molecule has 7 rings (SSSR count). The second kappa shape index (κ2) is 8.41. The van der Waals surface area contributed by atoms with Gasteiger partial charge >= 0.3 is 5.97 Å². The van der Waals surface area contributed by atoms with Gasteiger partial charge in [0.1, 0.15) is 11.3 Å². The van der Waals surface area contributed by atoms with Crippen LogP contribution in [0, 0.1) is 17.8 Å². The van der Waals surface area contributed by atoms with Crippen molar-refractivity contribution in [1.29, 1.82) is 0 Å². The number of likely N-dealkylation sites (tertiary alicyclic amines) is 1. The number of aromatic hydroxyl groups is 1. The fourth-order valence-corrected chi connectivity index (χ4v) is 7.78. The SMILES string of the molecule is COC(=O)[C@]12CC3=C(NC4C=CC=CC34)[C@H](c3ccccc3)N1[C@H](c1ccccc1O)[C@@H]1C(=O)N(C)C(=O)[C@@H]12. The van der Waals surface area contributed by atoms with Gasteiger partial charge in [-0.1, -0.05) is 72.8 Å². The molecule has 2 N–H and O–H groups in total. The third-order valence-electron chi connectivity index (χ3n) is 9.31. The van der Waals surface area contributed by atoms with E-state index in [0.29, 0.717) is 5.56 Å². The zero-order valence-corrected chi connectivity index (χ0v) is 21.7. The lowest BCUT2D eigenvalue weighted by Crippen LogP contribution is -2.61. The van der Waals surface area contributed by atoms with Crippen LogP contribution in [-0.2, 0) is 19.1 Å². The van der Waals surface area contributed by atoms with Gasteiger partial charge in [0.15, 0.2) is 0 Å². The van der Waals surface area contributed by atoms with Crippen LogP contribution in [0.5, 0.6) is 5.75 Å². The summed E-state index contributed by atoms with van der Waals surface area (Å²) in [5.74, 6) is -3.09. The number of imide groups is 1. The summed E-state index contributed by atoms with van der Waals surface area (Å²) in [6, 6.07) is 15.5. The van der Waals surface area contributed by atoms with Gasteiger partial charge in [0.25, 0.3) is 0 Å². The Morgan fingerprint density at radius 1 is 1.03 bits per heavy atom. The lowest BCUT2D eigenvalue weighted by Gasteiger charge is -2.50. The number of carbonyl (C=O) groups excluding carboxylic acids is 3. The summed E-state index contributed by atoms with van der Waals surface area (Å²) in [5, 5.41) is 14.8. The Labute approximate surface area is 226 Å². The number of esters is 1. The number of hydrogen-bond donors (Lipinski definition) is 2. The molecule has 2 amide bonds. The Hall–Kier alpha value is -4.17. The number of phenols is 1. The van der Waals surface area contributed by atoms with E-state index in [4.69, 9.17) is 4.74 Å². The van der Waals surface area contributed by atoms with E-state index in [2.05, 4.69) is 17.5 Å². The van der Waals surface area contributed by atoms with Gasteiger partial charge in [-0.3, -0.25) is 24.2 Å². The van der Waals surface area contributed by atoms with Gasteiger partial charge in [0, 0.05) is 30.6 Å². The van der Waals surface area contributed by atoms with Crippen molar-refractivity contribution < 1.29 is 24.2 Å². The topological polar surface area (TPSA) is 99.2 Å². The van der Waals surface area contributed by atoms with E-state index >= 15 is 0 Å². The molecular formula is C31H29N3O5. The van der Waals surface area contributed by atoms with Gasteiger partial charge < -0.3 is 15.2 Å². The molecular weight excluding hydrogens is 494 g/mol. The van der Waals surface area contributed by atoms with Crippen molar-refractivity contribution in [3.63, 3.8) is 0 Å². The van der Waals surface area contributed by atoms with Gasteiger partial charge in [-0.25, -0.2) is 0 Å². The minimum atomic E-state index is -1.45. The zero-order chi connectivity index (χ0) is 27.1. The van der Waals surface area contributed by atoms with E-state index < -0.39 is 41.3 Å². The van der Waals surface area contributed by atoms with Gasteiger partial charge in [-0.05, 0) is 17.2 Å². The van der Waals surface area contributed by atoms with Crippen LogP contribution in [0.25, 0.3) is 0 Å². The Bertz CT molecular complexity index is 1500. The third-order valence-corrected chi connectivity index (χ3v) is 9.31. The van der Waals surface area contributed by atoms with Crippen molar-refractivity contribution in [2.24, 2.45) is 17.8 Å². The number of hydrogen-bond acceptors (Lipinski definition) is 7. The van der Waals surface area contributed by atoms with Crippen molar-refractivity contribution in [1.82, 2.24) is 15.1 Å². The quantitative estimate of drug-likeness (QED) is 0.471. The van der Waals surface area contributed by atoms with Crippen molar-refractivity contribution in [2.45, 2.75) is 30.1 Å². The highest BCUT2D eigenvalue weighted by Gasteiger charge is 2.75. The molecule has 39 heavy (non-hydrogen) atoms. The molecule has 5 aliphatic rings. The second-order valence-electron chi connectivity index (χ2n) is 11.0. The van der Waals surface area contributed by atoms with Crippen molar-refractivity contribution >= 4 is 17.8 Å². The Morgan fingerprint density at radius 3 is 2.49 bits per heavy atom. The lowest BCUT2D eigenvalue weighted by molar-refractivity contribution is -0.164. The largest absolute Gasteiger partial charge is 0.508 e. The normalized spacial score (nSPS) is 34.5. The smallest absolute Gasteiger partial charge is 0.327 e. The van der Waals surface area contributed by atoms with E-state index in [0.717, 1.165) is 21.7 Å². The highest BCUT2D eigenvalue weighted by Crippen LogP contribution is 2.65. The Balaban J connectivity index is 1.55. The maximum Gasteiger partial charge on any atom is 0.327 e. The molecule has 2 saturated heterocycles. The molecule has 8 nitrogen and oxygen atoms in total. The number of nitrogens with one attached hydrogen (secondary N) is 1. The number of para-hydroxylation sites is 1. The number of fused-ring (bicyclic) bond motifs is 5. The number of allylic oxidation sites excluding steroid dienone is 2. The van der Waals surface area contributed by atoms with Crippen LogP contribution < -0.4 is 5.32 Å². The van der Waals surface area contributed by atoms with Crippen LogP contribution in [0.1, 0.15) is 29.6 Å². The molecule has 0 aromatic heterocycles. The number of rotatable bonds is 3. The van der Waals surface area contributed by atoms with E-state index in [1.54, 1.807) is 24.3 Å². The highest BCUT2D eigenvalue weighted by molar-refractivity contribution is 6.09. The summed E-state index contributed by atoms with van der Waals surface area (Å²) in [5.41, 5.74) is 2.00. The van der Waals surface area contributed by atoms with Gasteiger partial charge in [0.2, 0.25) is 11.8 Å². The number of carbonyl (C=O) groups is 3. The monoisotopic (exact) mass is 523 g/mol. The molecule has 2 fully saturated rings. The van der Waals surface area contributed by atoms with Crippen LogP contribution >= 0.6 is 0 Å². The molecule has 0 saturated carbocycles. The van der Waals surface area contributed by atoms with Crippen molar-refractivity contribution in [2.75, 3.05) is 14.2 Å². The molecule has 4 aliphatic heterocycles. The average molecular weight is 524 g/mol. The number of nitrogens with zero attached hydrogens (tertiary/aromatic N) is 2. The first-order valence-corrected chi connectivity index (χ1v) is 13.3. The number of benzene rings is 2. The molecule has 2 aromatic carbocycles. The summed E-state index contributed by atoms with van der Waals surface area (Å²) in [7, 11) is 2.81. The van der Waals surface area contributed by atoms with Crippen LogP contribution in [0.15, 0.2) is 90.2 Å². The fourth-order valence-electron chi connectivity index (χ4n) is 7.78. The second-order valence-corrected chi connectivity index (χ2v) is 11.0. The Morgan fingerprint density at radius 2 is 1.74 bits per heavy atom. The minimum absolute atomic E-state index is 0.00691. The van der Waals surface area contributed by atoms with E-state index in [9.17, 15) is 19.5 Å². The molecule has 8 heteroatoms. The first-order valence-electron chi connectivity index (χ1n) is 13.3. The van der Waals surface area contributed by atoms with Crippen molar-refractivity contribution in [3.8, 4) is 5.75 Å². The Kier molecular flexibility index (Phi) is 5.16. The summed E-state index contributed by atoms with van der Waals surface area (Å²) >= 11 is 0. The molecule has 4 heterocycles. The van der Waals surface area contributed by atoms with Crippen molar-refractivity contribution in [3.05, 3.63) is 101 Å². The summed E-state index contributed by atoms with van der Waals surface area (Å²) in [4.78, 5) is 45.0. The fraction of sp³-hybridized carbons (Fsp3) is 0.323. The molecule has 7 atom stereocenters. The number of methoxy groups -OCH3 is 1. The molecule has 1 aliphatic carbocycles. The molecule has 0 spiro atoms. The number of amides is 2. The highest BCUT2D eigenvalue weighted by atomic mass is 16.5. The third kappa shape index (κ3) is 3.00. The summed E-state index contributed by atoms with van der Waals surface area (Å²) in [6.45, 7) is 0. The van der Waals surface area contributed by atoms with Gasteiger partial charge in [-0.2, -0.15) is 0 Å². The maximum atomic E-state index is 14.2. The summed E-state index contributed by atoms with van der Waals surface area (Å²) in [6.07, 6.45) is 8.50. The summed E-state index contributed by atoms with van der Waals surface area (Å²) < 4.78 is 5.50. The molecule has 0 radical (unpaired) electrons. The predicted molar refractivity (Wildman–Crippen MR) is 142 cm³/mol. The molecule has 2 unspecified atom stereocenters. The predicted octanol–water partition coefficient (Wildman–Crippen LogP) is 3.00.